The van der Waals surface area contributed by atoms with Crippen molar-refractivity contribution < 1.29 is 0 Å². The van der Waals surface area contributed by atoms with E-state index in [1.54, 1.807) is 0 Å². The van der Waals surface area contributed by atoms with Gasteiger partial charge < -0.3 is 11.1 Å². The van der Waals surface area contributed by atoms with Gasteiger partial charge in [0.15, 0.2) is 0 Å². The van der Waals surface area contributed by atoms with Gasteiger partial charge in [-0.05, 0) is 30.4 Å². The zero-order chi connectivity index (χ0) is 12.3. The Bertz CT molecular complexity index is 364. The standard InChI is InChI=1S/C11H18ClN5/c1-7-5-3-2-4-6-8(7)14-11-16-9(12)15-10(13)17-11/h7-8H,2-6H2,1H3,(H3,13,14,15,16,17). The second-order valence-corrected chi connectivity index (χ2v) is 4.99. The molecule has 5 nitrogen and oxygen atoms in total. The van der Waals surface area contributed by atoms with Crippen molar-refractivity contribution in [3.8, 4) is 0 Å². The fraction of sp³-hybridized carbons (Fsp3) is 0.727. The van der Waals surface area contributed by atoms with Gasteiger partial charge in [-0.3, -0.25) is 0 Å². The molecule has 0 bridgehead atoms. The van der Waals surface area contributed by atoms with Gasteiger partial charge in [0, 0.05) is 6.04 Å². The van der Waals surface area contributed by atoms with E-state index in [-0.39, 0.29) is 11.2 Å². The Hall–Kier alpha value is -1.10. The van der Waals surface area contributed by atoms with Gasteiger partial charge in [0.2, 0.25) is 17.2 Å². The van der Waals surface area contributed by atoms with Crippen molar-refractivity contribution in [3.63, 3.8) is 0 Å². The van der Waals surface area contributed by atoms with Crippen LogP contribution >= 0.6 is 11.6 Å². The number of aromatic nitrogens is 3. The van der Waals surface area contributed by atoms with Crippen LogP contribution in [0.3, 0.4) is 0 Å². The molecule has 94 valence electrons. The Morgan fingerprint density at radius 2 is 1.94 bits per heavy atom. The molecule has 1 fully saturated rings. The lowest BCUT2D eigenvalue weighted by atomic mass is 9.97. The van der Waals surface area contributed by atoms with Crippen LogP contribution in [-0.4, -0.2) is 21.0 Å². The summed E-state index contributed by atoms with van der Waals surface area (Å²) in [7, 11) is 0. The lowest BCUT2D eigenvalue weighted by Crippen LogP contribution is -2.27. The van der Waals surface area contributed by atoms with Crippen molar-refractivity contribution in [2.75, 3.05) is 11.1 Å². The summed E-state index contributed by atoms with van der Waals surface area (Å²) in [6.07, 6.45) is 6.24. The molecule has 1 saturated carbocycles. The van der Waals surface area contributed by atoms with E-state index in [0.717, 1.165) is 6.42 Å². The van der Waals surface area contributed by atoms with Crippen LogP contribution in [0.1, 0.15) is 39.0 Å². The number of nitrogen functional groups attached to an aromatic ring is 1. The van der Waals surface area contributed by atoms with Crippen LogP contribution in [0.5, 0.6) is 0 Å². The third-order valence-corrected chi connectivity index (χ3v) is 3.47. The number of hydrogen-bond donors (Lipinski definition) is 2. The minimum Gasteiger partial charge on any atom is -0.368 e. The number of hydrogen-bond acceptors (Lipinski definition) is 5. The lowest BCUT2D eigenvalue weighted by molar-refractivity contribution is 0.454. The molecule has 1 aliphatic carbocycles. The maximum atomic E-state index is 5.75. The molecule has 2 rings (SSSR count). The van der Waals surface area contributed by atoms with E-state index in [4.69, 9.17) is 17.3 Å². The first-order valence-electron chi connectivity index (χ1n) is 6.09. The molecule has 0 spiro atoms. The maximum absolute atomic E-state index is 5.75. The van der Waals surface area contributed by atoms with E-state index in [1.807, 2.05) is 0 Å². The second kappa shape index (κ2) is 5.49. The molecule has 1 heterocycles. The number of nitrogens with zero attached hydrogens (tertiary/aromatic N) is 3. The summed E-state index contributed by atoms with van der Waals surface area (Å²) in [5, 5.41) is 3.47. The van der Waals surface area contributed by atoms with Gasteiger partial charge in [-0.2, -0.15) is 15.0 Å². The Morgan fingerprint density at radius 3 is 2.71 bits per heavy atom. The van der Waals surface area contributed by atoms with Crippen molar-refractivity contribution in [2.45, 2.75) is 45.1 Å². The van der Waals surface area contributed by atoms with Crippen LogP contribution in [0.4, 0.5) is 11.9 Å². The number of anilines is 2. The van der Waals surface area contributed by atoms with Gasteiger partial charge in [-0.15, -0.1) is 0 Å². The van der Waals surface area contributed by atoms with E-state index in [1.165, 1.54) is 25.7 Å². The minimum absolute atomic E-state index is 0.140. The van der Waals surface area contributed by atoms with Crippen LogP contribution in [0.2, 0.25) is 5.28 Å². The summed E-state index contributed by atoms with van der Waals surface area (Å²) in [4.78, 5) is 11.8. The zero-order valence-corrected chi connectivity index (χ0v) is 10.7. The summed E-state index contributed by atoms with van der Waals surface area (Å²) in [6.45, 7) is 2.26. The molecule has 2 atom stereocenters. The van der Waals surface area contributed by atoms with Gasteiger partial charge in [-0.1, -0.05) is 26.2 Å². The highest BCUT2D eigenvalue weighted by Gasteiger charge is 2.20. The molecule has 17 heavy (non-hydrogen) atoms. The van der Waals surface area contributed by atoms with E-state index in [9.17, 15) is 0 Å². The van der Waals surface area contributed by atoms with Gasteiger partial charge in [0.05, 0.1) is 0 Å². The highest BCUT2D eigenvalue weighted by molar-refractivity contribution is 6.28. The molecule has 1 aromatic rings. The molecular formula is C11H18ClN5. The number of rotatable bonds is 2. The van der Waals surface area contributed by atoms with Crippen LogP contribution in [0.15, 0.2) is 0 Å². The van der Waals surface area contributed by atoms with Crippen LogP contribution < -0.4 is 11.1 Å². The SMILES string of the molecule is CC1CCCCCC1Nc1nc(N)nc(Cl)n1. The van der Waals surface area contributed by atoms with Crippen LogP contribution in [0.25, 0.3) is 0 Å². The fourth-order valence-corrected chi connectivity index (χ4v) is 2.47. The molecule has 1 aliphatic rings. The van der Waals surface area contributed by atoms with Crippen molar-refractivity contribution in [3.05, 3.63) is 5.28 Å². The molecule has 3 N–H and O–H groups in total. The lowest BCUT2D eigenvalue weighted by Gasteiger charge is -2.22. The smallest absolute Gasteiger partial charge is 0.229 e. The Balaban J connectivity index is 2.07. The maximum Gasteiger partial charge on any atom is 0.229 e. The summed E-state index contributed by atoms with van der Waals surface area (Å²) >= 11 is 5.75. The Morgan fingerprint density at radius 1 is 1.18 bits per heavy atom. The largest absolute Gasteiger partial charge is 0.368 e. The molecule has 0 aliphatic heterocycles. The quantitative estimate of drug-likeness (QED) is 0.794. The van der Waals surface area contributed by atoms with Crippen molar-refractivity contribution in [2.24, 2.45) is 5.92 Å². The Kier molecular flexibility index (Phi) is 3.99. The predicted molar refractivity (Wildman–Crippen MR) is 68.9 cm³/mol. The van der Waals surface area contributed by atoms with Crippen molar-refractivity contribution in [1.82, 2.24) is 15.0 Å². The molecule has 0 saturated heterocycles. The molecule has 0 amide bonds. The molecule has 0 radical (unpaired) electrons. The highest BCUT2D eigenvalue weighted by atomic mass is 35.5. The monoisotopic (exact) mass is 255 g/mol. The normalized spacial score (nSPS) is 25.3. The number of nitrogens with one attached hydrogen (secondary N) is 1. The third-order valence-electron chi connectivity index (χ3n) is 3.30. The summed E-state index contributed by atoms with van der Waals surface area (Å²) in [5.74, 6) is 1.27. The topological polar surface area (TPSA) is 76.7 Å². The zero-order valence-electron chi connectivity index (χ0n) is 9.99. The predicted octanol–water partition coefficient (Wildman–Crippen LogP) is 2.49. The summed E-state index contributed by atoms with van der Waals surface area (Å²) < 4.78 is 0. The summed E-state index contributed by atoms with van der Waals surface area (Å²) in [6, 6.07) is 0.398. The molecule has 1 aromatic heterocycles. The van der Waals surface area contributed by atoms with Crippen LogP contribution in [0, 0.1) is 5.92 Å². The van der Waals surface area contributed by atoms with Crippen molar-refractivity contribution >= 4 is 23.5 Å². The summed E-state index contributed by atoms with van der Waals surface area (Å²) in [5.41, 5.74) is 5.54. The third kappa shape index (κ3) is 3.43. The highest BCUT2D eigenvalue weighted by Crippen LogP contribution is 2.25. The van der Waals surface area contributed by atoms with E-state index in [0.29, 0.717) is 17.9 Å². The van der Waals surface area contributed by atoms with E-state index < -0.39 is 0 Å². The first-order valence-corrected chi connectivity index (χ1v) is 6.46. The first kappa shape index (κ1) is 12.4. The van der Waals surface area contributed by atoms with E-state index in [2.05, 4.69) is 27.2 Å². The van der Waals surface area contributed by atoms with Gasteiger partial charge in [0.25, 0.3) is 0 Å². The van der Waals surface area contributed by atoms with Gasteiger partial charge in [0.1, 0.15) is 0 Å². The average Bonchev–Trinajstić information content (AvgIpc) is 2.43. The molecule has 0 aromatic carbocycles. The Labute approximate surface area is 106 Å². The fourth-order valence-electron chi connectivity index (χ4n) is 2.30. The molecular weight excluding hydrogens is 238 g/mol. The average molecular weight is 256 g/mol. The first-order chi connectivity index (χ1) is 8.15. The van der Waals surface area contributed by atoms with Crippen LogP contribution in [-0.2, 0) is 0 Å². The second-order valence-electron chi connectivity index (χ2n) is 4.65. The molecule has 2 unspecified atom stereocenters. The number of halogens is 1. The van der Waals surface area contributed by atoms with Gasteiger partial charge >= 0.3 is 0 Å². The van der Waals surface area contributed by atoms with Crippen molar-refractivity contribution in [1.29, 1.82) is 0 Å². The van der Waals surface area contributed by atoms with Gasteiger partial charge in [-0.25, -0.2) is 0 Å². The number of nitrogens with two attached hydrogens (primary N) is 1. The minimum atomic E-state index is 0.140. The van der Waals surface area contributed by atoms with E-state index >= 15 is 0 Å². The molecule has 6 heteroatoms.